The van der Waals surface area contributed by atoms with E-state index in [2.05, 4.69) is 5.32 Å². The van der Waals surface area contributed by atoms with E-state index in [1.165, 1.54) is 0 Å². The molecule has 4 nitrogen and oxygen atoms in total. The minimum absolute atomic E-state index is 0.0516. The van der Waals surface area contributed by atoms with E-state index in [0.717, 1.165) is 0 Å². The predicted octanol–water partition coefficient (Wildman–Crippen LogP) is 1.94. The van der Waals surface area contributed by atoms with Gasteiger partial charge in [-0.1, -0.05) is 6.92 Å². The number of ketones is 1. The van der Waals surface area contributed by atoms with E-state index >= 15 is 0 Å². The molecular weight excluding hydrogens is 237 g/mol. The first kappa shape index (κ1) is 12.8. The second kappa shape index (κ2) is 5.82. The van der Waals surface area contributed by atoms with E-state index in [-0.39, 0.29) is 25.2 Å². The molecule has 1 aliphatic heterocycles. The molecule has 0 aliphatic carbocycles. The van der Waals surface area contributed by atoms with Crippen LogP contribution in [0.2, 0.25) is 0 Å². The molecule has 0 spiro atoms. The molecule has 98 valence electrons. The third kappa shape index (κ3) is 2.61. The van der Waals surface area contributed by atoms with Crippen molar-refractivity contribution in [3.8, 4) is 11.5 Å². The van der Waals surface area contributed by atoms with E-state index in [4.69, 9.17) is 9.47 Å². The molecule has 0 saturated carbocycles. The second-order valence-electron chi connectivity index (χ2n) is 4.04. The number of carbonyl (C=O) groups is 1. The zero-order valence-corrected chi connectivity index (χ0v) is 10.2. The summed E-state index contributed by atoms with van der Waals surface area (Å²) in [4.78, 5) is 12.2. The summed E-state index contributed by atoms with van der Waals surface area (Å²) in [5.74, 6) is 1.18. The number of Topliss-reactive ketones (excluding diaryl/α,β-unsaturated/α-hetero) is 1. The largest absolute Gasteiger partial charge is 0.454 e. The van der Waals surface area contributed by atoms with Crippen molar-refractivity contribution in [2.45, 2.75) is 19.4 Å². The van der Waals surface area contributed by atoms with Crippen molar-refractivity contribution in [3.63, 3.8) is 0 Å². The topological polar surface area (TPSA) is 47.6 Å². The maximum atomic E-state index is 12.2. The van der Waals surface area contributed by atoms with Gasteiger partial charge in [-0.25, -0.2) is 4.39 Å². The fourth-order valence-corrected chi connectivity index (χ4v) is 1.90. The number of alkyl halides is 1. The standard InChI is InChI=1S/C13H16FNO3/c1-2-10(15-6-5-14)13(16)9-3-4-11-12(7-9)18-8-17-11/h3-4,7,10,15H,2,5-6,8H2,1H3. The van der Waals surface area contributed by atoms with E-state index < -0.39 is 6.67 Å². The Balaban J connectivity index is 2.12. The quantitative estimate of drug-likeness (QED) is 0.787. The van der Waals surface area contributed by atoms with Gasteiger partial charge in [0.25, 0.3) is 0 Å². The van der Waals surface area contributed by atoms with Crippen molar-refractivity contribution in [3.05, 3.63) is 23.8 Å². The lowest BCUT2D eigenvalue weighted by Gasteiger charge is -2.14. The van der Waals surface area contributed by atoms with Gasteiger partial charge in [0, 0.05) is 12.1 Å². The van der Waals surface area contributed by atoms with Gasteiger partial charge in [-0.3, -0.25) is 4.79 Å². The molecule has 1 unspecified atom stereocenters. The van der Waals surface area contributed by atoms with E-state index in [0.29, 0.717) is 23.5 Å². The Kier molecular flexibility index (Phi) is 4.15. The van der Waals surface area contributed by atoms with E-state index in [1.807, 2.05) is 6.92 Å². The van der Waals surface area contributed by atoms with Gasteiger partial charge in [0.15, 0.2) is 17.3 Å². The molecule has 1 atom stereocenters. The average molecular weight is 253 g/mol. The van der Waals surface area contributed by atoms with Crippen LogP contribution in [0.5, 0.6) is 11.5 Å². The number of carbonyl (C=O) groups excluding carboxylic acids is 1. The van der Waals surface area contributed by atoms with Crippen LogP contribution in [-0.4, -0.2) is 31.8 Å². The minimum atomic E-state index is -0.481. The van der Waals surface area contributed by atoms with Gasteiger partial charge in [-0.15, -0.1) is 0 Å². The highest BCUT2D eigenvalue weighted by molar-refractivity contribution is 6.00. The Hall–Kier alpha value is -1.62. The van der Waals surface area contributed by atoms with Gasteiger partial charge >= 0.3 is 0 Å². The Morgan fingerprint density at radius 2 is 2.22 bits per heavy atom. The minimum Gasteiger partial charge on any atom is -0.454 e. The van der Waals surface area contributed by atoms with Crippen LogP contribution in [-0.2, 0) is 0 Å². The van der Waals surface area contributed by atoms with Gasteiger partial charge in [0.2, 0.25) is 6.79 Å². The number of benzene rings is 1. The first-order chi connectivity index (χ1) is 8.76. The number of halogens is 1. The van der Waals surface area contributed by atoms with Gasteiger partial charge in [-0.05, 0) is 24.6 Å². The van der Waals surface area contributed by atoms with Crippen LogP contribution in [0.4, 0.5) is 4.39 Å². The summed E-state index contributed by atoms with van der Waals surface area (Å²) in [5.41, 5.74) is 0.553. The molecule has 1 N–H and O–H groups in total. The maximum absolute atomic E-state index is 12.2. The molecule has 0 radical (unpaired) electrons. The van der Waals surface area contributed by atoms with Crippen molar-refractivity contribution >= 4 is 5.78 Å². The Morgan fingerprint density at radius 1 is 1.44 bits per heavy atom. The highest BCUT2D eigenvalue weighted by atomic mass is 19.1. The van der Waals surface area contributed by atoms with Crippen molar-refractivity contribution in [1.82, 2.24) is 5.32 Å². The molecule has 1 heterocycles. The lowest BCUT2D eigenvalue weighted by molar-refractivity contribution is 0.0939. The lowest BCUT2D eigenvalue weighted by atomic mass is 10.0. The van der Waals surface area contributed by atoms with Crippen molar-refractivity contribution in [2.24, 2.45) is 0 Å². The summed E-state index contributed by atoms with van der Waals surface area (Å²) in [7, 11) is 0. The number of nitrogens with one attached hydrogen (secondary N) is 1. The monoisotopic (exact) mass is 253 g/mol. The molecule has 18 heavy (non-hydrogen) atoms. The highest BCUT2D eigenvalue weighted by Gasteiger charge is 2.21. The summed E-state index contributed by atoms with van der Waals surface area (Å²) in [6.07, 6.45) is 0.618. The van der Waals surface area contributed by atoms with Gasteiger partial charge < -0.3 is 14.8 Å². The number of rotatable bonds is 6. The molecule has 0 saturated heterocycles. The molecule has 5 heteroatoms. The maximum Gasteiger partial charge on any atom is 0.231 e. The SMILES string of the molecule is CCC(NCCF)C(=O)c1ccc2c(c1)OCO2. The smallest absolute Gasteiger partial charge is 0.231 e. The first-order valence-corrected chi connectivity index (χ1v) is 5.99. The zero-order valence-electron chi connectivity index (χ0n) is 10.2. The summed E-state index contributed by atoms with van der Waals surface area (Å²) in [6.45, 7) is 1.78. The highest BCUT2D eigenvalue weighted by Crippen LogP contribution is 2.32. The van der Waals surface area contributed by atoms with Gasteiger partial charge in [0.1, 0.15) is 6.67 Å². The van der Waals surface area contributed by atoms with Crippen molar-refractivity contribution in [2.75, 3.05) is 20.0 Å². The van der Waals surface area contributed by atoms with E-state index in [1.54, 1.807) is 18.2 Å². The normalized spacial score (nSPS) is 14.6. The fraction of sp³-hybridized carbons (Fsp3) is 0.462. The number of hydrogen-bond donors (Lipinski definition) is 1. The molecule has 0 bridgehead atoms. The van der Waals surface area contributed by atoms with Crippen LogP contribution >= 0.6 is 0 Å². The van der Waals surface area contributed by atoms with Gasteiger partial charge in [0.05, 0.1) is 6.04 Å². The number of fused-ring (bicyclic) bond motifs is 1. The first-order valence-electron chi connectivity index (χ1n) is 5.99. The van der Waals surface area contributed by atoms with Crippen molar-refractivity contribution in [1.29, 1.82) is 0 Å². The fourth-order valence-electron chi connectivity index (χ4n) is 1.90. The number of ether oxygens (including phenoxy) is 2. The molecule has 2 rings (SSSR count). The molecule has 1 aromatic rings. The van der Waals surface area contributed by atoms with Crippen LogP contribution in [0.25, 0.3) is 0 Å². The lowest BCUT2D eigenvalue weighted by Crippen LogP contribution is -2.37. The summed E-state index contributed by atoms with van der Waals surface area (Å²) < 4.78 is 22.5. The van der Waals surface area contributed by atoms with Crippen LogP contribution in [0.3, 0.4) is 0 Å². The Labute approximate surface area is 105 Å². The van der Waals surface area contributed by atoms with Crippen molar-refractivity contribution < 1.29 is 18.7 Å². The molecular formula is C13H16FNO3. The summed E-state index contributed by atoms with van der Waals surface area (Å²) >= 11 is 0. The zero-order chi connectivity index (χ0) is 13.0. The summed E-state index contributed by atoms with van der Waals surface area (Å²) in [5, 5.41) is 2.89. The second-order valence-corrected chi connectivity index (χ2v) is 4.04. The summed E-state index contributed by atoms with van der Waals surface area (Å²) in [6, 6.07) is 4.73. The van der Waals surface area contributed by atoms with Crippen LogP contribution in [0.1, 0.15) is 23.7 Å². The number of hydrogen-bond acceptors (Lipinski definition) is 4. The van der Waals surface area contributed by atoms with Gasteiger partial charge in [-0.2, -0.15) is 0 Å². The Morgan fingerprint density at radius 3 is 2.94 bits per heavy atom. The molecule has 0 amide bonds. The predicted molar refractivity (Wildman–Crippen MR) is 65.0 cm³/mol. The van der Waals surface area contributed by atoms with Crippen LogP contribution < -0.4 is 14.8 Å². The average Bonchev–Trinajstić information content (AvgIpc) is 2.86. The van der Waals surface area contributed by atoms with Crippen LogP contribution in [0.15, 0.2) is 18.2 Å². The molecule has 1 aliphatic rings. The molecule has 0 aromatic heterocycles. The third-order valence-electron chi connectivity index (χ3n) is 2.87. The molecule has 0 fully saturated rings. The van der Waals surface area contributed by atoms with E-state index in [9.17, 15) is 9.18 Å². The molecule has 1 aromatic carbocycles. The van der Waals surface area contributed by atoms with Crippen LogP contribution in [0, 0.1) is 0 Å². The third-order valence-corrected chi connectivity index (χ3v) is 2.87. The Bertz CT molecular complexity index is 436.